The molecule has 0 unspecified atom stereocenters. The fourth-order valence-electron chi connectivity index (χ4n) is 3.79. The van der Waals surface area contributed by atoms with Gasteiger partial charge in [0.1, 0.15) is 0 Å². The number of hydrogen-bond donors (Lipinski definition) is 0. The monoisotopic (exact) mass is 263 g/mol. The molecule has 0 bridgehead atoms. The van der Waals surface area contributed by atoms with Crippen LogP contribution in [0.25, 0.3) is 11.1 Å². The van der Waals surface area contributed by atoms with E-state index < -0.39 is 0 Å². The first-order chi connectivity index (χ1) is 9.74. The third-order valence-electron chi connectivity index (χ3n) is 4.83. The zero-order chi connectivity index (χ0) is 14.2. The maximum Gasteiger partial charge on any atom is 0.0673 e. The van der Waals surface area contributed by atoms with E-state index in [1.54, 1.807) is 0 Å². The number of pyridine rings is 1. The Morgan fingerprint density at radius 2 is 1.65 bits per heavy atom. The molecular formula is C19H21N. The molecule has 0 saturated carbocycles. The second-order valence-corrected chi connectivity index (χ2v) is 5.55. The van der Waals surface area contributed by atoms with Crippen LogP contribution in [0.5, 0.6) is 0 Å². The number of hydrogen-bond acceptors (Lipinski definition) is 1. The van der Waals surface area contributed by atoms with Gasteiger partial charge in [0.2, 0.25) is 0 Å². The summed E-state index contributed by atoms with van der Waals surface area (Å²) >= 11 is 0. The lowest BCUT2D eigenvalue weighted by Crippen LogP contribution is -2.24. The minimum atomic E-state index is 0.120. The molecule has 3 rings (SSSR count). The van der Waals surface area contributed by atoms with E-state index in [1.165, 1.54) is 22.3 Å². The number of fused-ring (bicyclic) bond motifs is 1. The smallest absolute Gasteiger partial charge is 0.0673 e. The van der Waals surface area contributed by atoms with Gasteiger partial charge in [0.15, 0.2) is 0 Å². The number of aromatic nitrogens is 1. The van der Waals surface area contributed by atoms with Gasteiger partial charge in [-0.25, -0.2) is 0 Å². The summed E-state index contributed by atoms with van der Waals surface area (Å²) in [7, 11) is 0. The van der Waals surface area contributed by atoms with E-state index in [0.717, 1.165) is 18.5 Å². The van der Waals surface area contributed by atoms with E-state index in [-0.39, 0.29) is 5.41 Å². The van der Waals surface area contributed by atoms with Gasteiger partial charge in [0.05, 0.1) is 5.69 Å². The van der Waals surface area contributed by atoms with Crippen LogP contribution in [0.4, 0.5) is 0 Å². The highest BCUT2D eigenvalue weighted by Gasteiger charge is 2.41. The van der Waals surface area contributed by atoms with Gasteiger partial charge in [-0.2, -0.15) is 0 Å². The normalized spacial score (nSPS) is 16.4. The van der Waals surface area contributed by atoms with Gasteiger partial charge in [-0.1, -0.05) is 44.2 Å². The van der Waals surface area contributed by atoms with Crippen molar-refractivity contribution in [1.82, 2.24) is 4.98 Å². The molecule has 0 fully saturated rings. The van der Waals surface area contributed by atoms with Crippen molar-refractivity contribution in [1.29, 1.82) is 0 Å². The van der Waals surface area contributed by atoms with Gasteiger partial charge in [0, 0.05) is 11.6 Å². The molecular weight excluding hydrogens is 242 g/mol. The molecule has 102 valence electrons. The lowest BCUT2D eigenvalue weighted by atomic mass is 9.72. The fraction of sp³-hybridized carbons (Fsp3) is 0.316. The Labute approximate surface area is 121 Å². The third-order valence-corrected chi connectivity index (χ3v) is 4.83. The molecule has 1 aliphatic carbocycles. The Bertz CT molecular complexity index is 648. The Kier molecular flexibility index (Phi) is 3.21. The van der Waals surface area contributed by atoms with Crippen molar-refractivity contribution in [3.63, 3.8) is 0 Å². The highest BCUT2D eigenvalue weighted by atomic mass is 14.7. The largest absolute Gasteiger partial charge is 0.257 e. The molecule has 1 heteroatoms. The molecule has 1 heterocycles. The van der Waals surface area contributed by atoms with Crippen molar-refractivity contribution in [2.45, 2.75) is 39.0 Å². The van der Waals surface area contributed by atoms with Crippen LogP contribution in [0.2, 0.25) is 0 Å². The average molecular weight is 263 g/mol. The predicted molar refractivity (Wildman–Crippen MR) is 85.4 cm³/mol. The maximum atomic E-state index is 4.63. The Morgan fingerprint density at radius 1 is 0.950 bits per heavy atom. The lowest BCUT2D eigenvalue weighted by Gasteiger charge is -2.32. The second kappa shape index (κ2) is 4.90. The van der Waals surface area contributed by atoms with E-state index in [9.17, 15) is 0 Å². The van der Waals surface area contributed by atoms with Crippen LogP contribution in [-0.2, 0) is 5.41 Å². The zero-order valence-electron chi connectivity index (χ0n) is 12.5. The number of rotatable bonds is 3. The first-order valence-electron chi connectivity index (χ1n) is 7.47. The van der Waals surface area contributed by atoms with Gasteiger partial charge in [-0.3, -0.25) is 4.98 Å². The van der Waals surface area contributed by atoms with Gasteiger partial charge < -0.3 is 0 Å². The molecule has 0 saturated heterocycles. The molecule has 0 radical (unpaired) electrons. The molecule has 20 heavy (non-hydrogen) atoms. The highest BCUT2D eigenvalue weighted by Crippen LogP contribution is 2.54. The third kappa shape index (κ3) is 1.66. The molecule has 0 aliphatic heterocycles. The van der Waals surface area contributed by atoms with Crippen LogP contribution < -0.4 is 0 Å². The number of nitrogens with zero attached hydrogens (tertiary/aromatic N) is 1. The Balaban J connectivity index is 2.30. The van der Waals surface area contributed by atoms with E-state index in [0.29, 0.717) is 0 Å². The summed E-state index contributed by atoms with van der Waals surface area (Å²) in [4.78, 5) is 4.63. The predicted octanol–water partition coefficient (Wildman–Crippen LogP) is 5.08. The Morgan fingerprint density at radius 3 is 2.30 bits per heavy atom. The summed E-state index contributed by atoms with van der Waals surface area (Å²) in [5.41, 5.74) is 6.94. The minimum absolute atomic E-state index is 0.120. The average Bonchev–Trinajstić information content (AvgIpc) is 2.78. The summed E-state index contributed by atoms with van der Waals surface area (Å²) in [6.07, 6.45) is 4.13. The highest BCUT2D eigenvalue weighted by molar-refractivity contribution is 6.00. The Hall–Kier alpha value is -1.89. The van der Waals surface area contributed by atoms with Crippen molar-refractivity contribution < 1.29 is 0 Å². The standard InChI is InChI=1S/C19H21N/c1-4-19(5-2)16-11-7-6-10-15(16)14(3)18(19)17-12-8-9-13-20-17/h6-13H,4-5H2,1-3H3. The lowest BCUT2D eigenvalue weighted by molar-refractivity contribution is 0.520. The molecule has 1 aliphatic rings. The summed E-state index contributed by atoms with van der Waals surface area (Å²) in [6.45, 7) is 6.83. The van der Waals surface area contributed by atoms with Crippen molar-refractivity contribution in [2.24, 2.45) is 0 Å². The molecule has 2 aromatic rings. The molecule has 0 atom stereocenters. The molecule has 0 N–H and O–H groups in total. The quantitative estimate of drug-likeness (QED) is 0.752. The first-order valence-corrected chi connectivity index (χ1v) is 7.47. The van der Waals surface area contributed by atoms with Crippen LogP contribution in [-0.4, -0.2) is 4.98 Å². The minimum Gasteiger partial charge on any atom is -0.257 e. The number of benzene rings is 1. The first kappa shape index (κ1) is 13.1. The van der Waals surface area contributed by atoms with Crippen LogP contribution in [0.15, 0.2) is 48.7 Å². The fourth-order valence-corrected chi connectivity index (χ4v) is 3.79. The van der Waals surface area contributed by atoms with Crippen LogP contribution in [0, 0.1) is 0 Å². The van der Waals surface area contributed by atoms with Crippen molar-refractivity contribution >= 4 is 11.1 Å². The van der Waals surface area contributed by atoms with E-state index in [2.05, 4.69) is 62.2 Å². The molecule has 1 aromatic heterocycles. The molecule has 1 nitrogen and oxygen atoms in total. The van der Waals surface area contributed by atoms with Gasteiger partial charge in [0.25, 0.3) is 0 Å². The van der Waals surface area contributed by atoms with E-state index in [4.69, 9.17) is 0 Å². The molecule has 1 aromatic carbocycles. The van der Waals surface area contributed by atoms with Gasteiger partial charge in [-0.15, -0.1) is 0 Å². The summed E-state index contributed by atoms with van der Waals surface area (Å²) in [5, 5.41) is 0. The zero-order valence-corrected chi connectivity index (χ0v) is 12.5. The SMILES string of the molecule is CCC1(CC)C(c2ccccn2)=C(C)c2ccccc21. The number of allylic oxidation sites excluding steroid dienone is 2. The van der Waals surface area contributed by atoms with Crippen LogP contribution >= 0.6 is 0 Å². The van der Waals surface area contributed by atoms with E-state index in [1.807, 2.05) is 12.3 Å². The van der Waals surface area contributed by atoms with Crippen LogP contribution in [0.3, 0.4) is 0 Å². The summed E-state index contributed by atoms with van der Waals surface area (Å²) < 4.78 is 0. The van der Waals surface area contributed by atoms with Crippen molar-refractivity contribution in [2.75, 3.05) is 0 Å². The summed E-state index contributed by atoms with van der Waals surface area (Å²) in [5.74, 6) is 0. The topological polar surface area (TPSA) is 12.9 Å². The van der Waals surface area contributed by atoms with Crippen molar-refractivity contribution in [3.05, 3.63) is 65.5 Å². The molecule has 0 spiro atoms. The van der Waals surface area contributed by atoms with Crippen molar-refractivity contribution in [3.8, 4) is 0 Å². The maximum absolute atomic E-state index is 4.63. The second-order valence-electron chi connectivity index (χ2n) is 5.55. The van der Waals surface area contributed by atoms with Gasteiger partial charge in [-0.05, 0) is 54.2 Å². The summed E-state index contributed by atoms with van der Waals surface area (Å²) in [6, 6.07) is 15.1. The van der Waals surface area contributed by atoms with E-state index >= 15 is 0 Å². The molecule has 0 amide bonds. The van der Waals surface area contributed by atoms with Gasteiger partial charge >= 0.3 is 0 Å². The van der Waals surface area contributed by atoms with Crippen LogP contribution in [0.1, 0.15) is 50.4 Å².